The molecule has 14 heavy (non-hydrogen) atoms. The number of rotatable bonds is 2. The molecule has 1 aliphatic heterocycles. The number of carbonyl (C=O) groups is 1. The van der Waals surface area contributed by atoms with Crippen LogP contribution in [-0.2, 0) is 14.3 Å². The van der Waals surface area contributed by atoms with Crippen molar-refractivity contribution < 1.29 is 14.3 Å². The largest absolute Gasteiger partial charge is 0.466 e. The summed E-state index contributed by atoms with van der Waals surface area (Å²) >= 11 is 0. The van der Waals surface area contributed by atoms with Gasteiger partial charge in [0.15, 0.2) is 0 Å². The van der Waals surface area contributed by atoms with Crippen molar-refractivity contribution in [3.63, 3.8) is 0 Å². The van der Waals surface area contributed by atoms with Crippen LogP contribution in [0.5, 0.6) is 0 Å². The molecule has 72 valence electrons. The maximum Gasteiger partial charge on any atom is 0.330 e. The molecule has 2 atom stereocenters. The first-order valence-corrected chi connectivity index (χ1v) is 4.26. The van der Waals surface area contributed by atoms with Gasteiger partial charge in [-0.2, -0.15) is 5.26 Å². The summed E-state index contributed by atoms with van der Waals surface area (Å²) in [5, 5.41) is 8.65. The molecule has 0 bridgehead atoms. The van der Waals surface area contributed by atoms with Gasteiger partial charge in [-0.15, -0.1) is 0 Å². The maximum absolute atomic E-state index is 10.8. The van der Waals surface area contributed by atoms with Crippen LogP contribution in [0, 0.1) is 11.3 Å². The summed E-state index contributed by atoms with van der Waals surface area (Å²) < 4.78 is 9.81. The second-order valence-corrected chi connectivity index (χ2v) is 3.33. The van der Waals surface area contributed by atoms with Crippen LogP contribution < -0.4 is 0 Å². The molecule has 4 nitrogen and oxygen atoms in total. The van der Waals surface area contributed by atoms with Crippen molar-refractivity contribution in [1.29, 1.82) is 5.26 Å². The highest BCUT2D eigenvalue weighted by atomic mass is 16.6. The topological polar surface area (TPSA) is 62.6 Å². The number of carbonyl (C=O) groups excluding carboxylic acids is 1. The van der Waals surface area contributed by atoms with E-state index in [2.05, 4.69) is 10.8 Å². The van der Waals surface area contributed by atoms with E-state index in [-0.39, 0.29) is 6.10 Å². The lowest BCUT2D eigenvalue weighted by molar-refractivity contribution is -0.134. The SMILES string of the molecule is COC(=O)/C=C/[C@@]12CC(C#N)=C[C@@H]1O2. The number of hydrogen-bond donors (Lipinski definition) is 0. The minimum Gasteiger partial charge on any atom is -0.466 e. The van der Waals surface area contributed by atoms with E-state index in [4.69, 9.17) is 10.00 Å². The smallest absolute Gasteiger partial charge is 0.330 e. The molecule has 0 aromatic heterocycles. The first-order chi connectivity index (χ1) is 6.70. The molecule has 4 heteroatoms. The van der Waals surface area contributed by atoms with Gasteiger partial charge in [-0.3, -0.25) is 0 Å². The highest BCUT2D eigenvalue weighted by molar-refractivity contribution is 5.82. The van der Waals surface area contributed by atoms with E-state index in [0.29, 0.717) is 6.42 Å². The Hall–Kier alpha value is -1.60. The van der Waals surface area contributed by atoms with E-state index >= 15 is 0 Å². The highest BCUT2D eigenvalue weighted by Crippen LogP contribution is 2.49. The first-order valence-electron chi connectivity index (χ1n) is 4.26. The number of ether oxygens (including phenoxy) is 2. The van der Waals surface area contributed by atoms with Crippen LogP contribution in [0.2, 0.25) is 0 Å². The highest BCUT2D eigenvalue weighted by Gasteiger charge is 2.57. The van der Waals surface area contributed by atoms with E-state index in [1.807, 2.05) is 0 Å². The summed E-state index contributed by atoms with van der Waals surface area (Å²) in [5.41, 5.74) is 0.287. The van der Waals surface area contributed by atoms with Crippen molar-refractivity contribution in [3.8, 4) is 6.07 Å². The van der Waals surface area contributed by atoms with Crippen molar-refractivity contribution in [2.75, 3.05) is 7.11 Å². The molecule has 1 fully saturated rings. The quantitative estimate of drug-likeness (QED) is 0.366. The van der Waals surface area contributed by atoms with Crippen LogP contribution in [0.4, 0.5) is 0 Å². The Morgan fingerprint density at radius 1 is 1.93 bits per heavy atom. The van der Waals surface area contributed by atoms with Gasteiger partial charge in [0, 0.05) is 18.1 Å². The predicted molar refractivity (Wildman–Crippen MR) is 47.1 cm³/mol. The molecule has 0 saturated carbocycles. The third kappa shape index (κ3) is 1.32. The van der Waals surface area contributed by atoms with E-state index < -0.39 is 11.6 Å². The molecule has 0 N–H and O–H groups in total. The van der Waals surface area contributed by atoms with E-state index in [9.17, 15) is 4.79 Å². The van der Waals surface area contributed by atoms with Crippen LogP contribution in [0.3, 0.4) is 0 Å². The Labute approximate surface area is 81.4 Å². The maximum atomic E-state index is 10.8. The zero-order chi connectivity index (χ0) is 10.2. The fourth-order valence-electron chi connectivity index (χ4n) is 1.61. The van der Waals surface area contributed by atoms with Gasteiger partial charge in [-0.25, -0.2) is 4.79 Å². The Kier molecular flexibility index (Phi) is 1.90. The summed E-state index contributed by atoms with van der Waals surface area (Å²) in [6.07, 6.45) is 5.33. The Balaban J connectivity index is 2.02. The van der Waals surface area contributed by atoms with Gasteiger partial charge in [0.2, 0.25) is 0 Å². The predicted octanol–water partition coefficient (Wildman–Crippen LogP) is 0.707. The number of nitriles is 1. The molecule has 0 radical (unpaired) electrons. The lowest BCUT2D eigenvalue weighted by atomic mass is 10.0. The lowest BCUT2D eigenvalue weighted by Crippen LogP contribution is -2.08. The van der Waals surface area contributed by atoms with Crippen LogP contribution >= 0.6 is 0 Å². The van der Waals surface area contributed by atoms with Gasteiger partial charge in [0.25, 0.3) is 0 Å². The molecule has 0 aromatic carbocycles. The lowest BCUT2D eigenvalue weighted by Gasteiger charge is -2.00. The van der Waals surface area contributed by atoms with E-state index in [0.717, 1.165) is 5.57 Å². The standard InChI is InChI=1S/C10H9NO3/c1-13-9(12)2-3-10-5-7(6-11)4-8(10)14-10/h2-4,8H,5H2,1H3/b3-2+/t8-,10+/m0/s1. The Morgan fingerprint density at radius 3 is 3.29 bits per heavy atom. The summed E-state index contributed by atoms with van der Waals surface area (Å²) in [6.45, 7) is 0. The zero-order valence-electron chi connectivity index (χ0n) is 7.69. The molecule has 1 aliphatic carbocycles. The normalized spacial score (nSPS) is 33.4. The third-order valence-electron chi connectivity index (χ3n) is 2.44. The molecule has 0 unspecified atom stereocenters. The number of methoxy groups -OCH3 is 1. The fourth-order valence-corrected chi connectivity index (χ4v) is 1.61. The molecule has 0 spiro atoms. The molecule has 0 aromatic rings. The van der Waals surface area contributed by atoms with Crippen molar-refractivity contribution in [1.82, 2.24) is 0 Å². The molecule has 1 saturated heterocycles. The van der Waals surface area contributed by atoms with Crippen LogP contribution in [-0.4, -0.2) is 24.8 Å². The van der Waals surface area contributed by atoms with Gasteiger partial charge in [-0.1, -0.05) is 0 Å². The van der Waals surface area contributed by atoms with E-state index in [1.54, 1.807) is 12.2 Å². The summed E-state index contributed by atoms with van der Waals surface area (Å²) in [5.74, 6) is -0.404. The summed E-state index contributed by atoms with van der Waals surface area (Å²) in [4.78, 5) is 10.8. The molecule has 2 rings (SSSR count). The third-order valence-corrected chi connectivity index (χ3v) is 2.44. The van der Waals surface area contributed by atoms with Crippen LogP contribution in [0.1, 0.15) is 6.42 Å². The van der Waals surface area contributed by atoms with Gasteiger partial charge in [0.1, 0.15) is 11.7 Å². The van der Waals surface area contributed by atoms with Gasteiger partial charge < -0.3 is 9.47 Å². The van der Waals surface area contributed by atoms with Crippen molar-refractivity contribution in [2.45, 2.75) is 18.1 Å². The number of epoxide rings is 1. The Morgan fingerprint density at radius 2 is 2.71 bits per heavy atom. The van der Waals surface area contributed by atoms with Crippen molar-refractivity contribution >= 4 is 5.97 Å². The summed E-state index contributed by atoms with van der Waals surface area (Å²) in [7, 11) is 1.32. The molecular weight excluding hydrogens is 182 g/mol. The number of nitrogens with zero attached hydrogens (tertiary/aromatic N) is 1. The van der Waals surface area contributed by atoms with E-state index in [1.165, 1.54) is 13.2 Å². The average molecular weight is 191 g/mol. The first kappa shape index (κ1) is 8.97. The minimum absolute atomic E-state index is 0.0296. The second kappa shape index (κ2) is 2.96. The van der Waals surface area contributed by atoms with Gasteiger partial charge in [0.05, 0.1) is 13.2 Å². The minimum atomic E-state index is -0.431. The zero-order valence-corrected chi connectivity index (χ0v) is 7.69. The molecular formula is C10H9NO3. The van der Waals surface area contributed by atoms with Crippen molar-refractivity contribution in [2.24, 2.45) is 0 Å². The monoisotopic (exact) mass is 191 g/mol. The Bertz CT molecular complexity index is 377. The van der Waals surface area contributed by atoms with Gasteiger partial charge in [-0.05, 0) is 12.2 Å². The fraction of sp³-hybridized carbons (Fsp3) is 0.400. The summed E-state index contributed by atoms with van der Waals surface area (Å²) in [6, 6.07) is 2.08. The number of fused-ring (bicyclic) bond motifs is 1. The van der Waals surface area contributed by atoms with Gasteiger partial charge >= 0.3 is 5.97 Å². The molecule has 1 heterocycles. The van der Waals surface area contributed by atoms with Crippen LogP contribution in [0.15, 0.2) is 23.8 Å². The van der Waals surface area contributed by atoms with Crippen LogP contribution in [0.25, 0.3) is 0 Å². The average Bonchev–Trinajstić information content (AvgIpc) is 2.77. The molecule has 2 aliphatic rings. The molecule has 0 amide bonds. The number of esters is 1. The second-order valence-electron chi connectivity index (χ2n) is 3.33. The number of hydrogen-bond acceptors (Lipinski definition) is 4. The van der Waals surface area contributed by atoms with Crippen molar-refractivity contribution in [3.05, 3.63) is 23.8 Å².